The zero-order valence-electron chi connectivity index (χ0n) is 14.8. The number of methoxy groups -OCH3 is 1. The summed E-state index contributed by atoms with van der Waals surface area (Å²) in [5, 5.41) is 2.98. The predicted octanol–water partition coefficient (Wildman–Crippen LogP) is 3.28. The second-order valence-electron chi connectivity index (χ2n) is 6.14. The van der Waals surface area contributed by atoms with E-state index in [0.717, 1.165) is 18.6 Å². The number of carbonyl (C=O) groups excluding carboxylic acids is 1. The third-order valence-corrected chi connectivity index (χ3v) is 4.66. The average Bonchev–Trinajstić information content (AvgIpc) is 2.61. The maximum atomic E-state index is 12.3. The number of rotatable bonds is 7. The molecule has 5 heteroatoms. The number of hydrogen-bond acceptors (Lipinski definition) is 4. The van der Waals surface area contributed by atoms with Crippen molar-refractivity contribution in [2.24, 2.45) is 0 Å². The van der Waals surface area contributed by atoms with E-state index in [2.05, 4.69) is 35.2 Å². The van der Waals surface area contributed by atoms with Crippen molar-refractivity contribution in [1.29, 1.82) is 0 Å². The van der Waals surface area contributed by atoms with Gasteiger partial charge in [0.05, 0.1) is 18.4 Å². The number of nitrogens with zero attached hydrogens (tertiary/aromatic N) is 2. The molecule has 2 rings (SSSR count). The molecule has 0 fully saturated rings. The molecule has 1 amide bonds. The van der Waals surface area contributed by atoms with Crippen LogP contribution in [0.15, 0.2) is 36.8 Å². The van der Waals surface area contributed by atoms with E-state index < -0.39 is 0 Å². The molecule has 1 atom stereocenters. The molecule has 1 heterocycles. The Kier molecular flexibility index (Phi) is 5.90. The molecule has 24 heavy (non-hydrogen) atoms. The Morgan fingerprint density at radius 1 is 1.33 bits per heavy atom. The Balaban J connectivity index is 2.06. The largest absolute Gasteiger partial charge is 0.496 e. The van der Waals surface area contributed by atoms with Crippen LogP contribution in [0.4, 0.5) is 0 Å². The van der Waals surface area contributed by atoms with Crippen LogP contribution < -0.4 is 10.1 Å². The maximum absolute atomic E-state index is 12.3. The van der Waals surface area contributed by atoms with E-state index in [1.165, 1.54) is 11.9 Å². The van der Waals surface area contributed by atoms with Gasteiger partial charge in [0.2, 0.25) is 0 Å². The molecule has 5 nitrogen and oxygen atoms in total. The van der Waals surface area contributed by atoms with E-state index in [0.29, 0.717) is 17.8 Å². The van der Waals surface area contributed by atoms with E-state index in [1.807, 2.05) is 25.1 Å². The standard InChI is InChI=1S/C19H25N3O2/c1-5-19(3,16-8-6-7-9-17(16)24-4)10-11-21-18(23)15-12-20-13-22-14(15)2/h6-9,12-13H,5,10-11H2,1-4H3,(H,21,23)/t19-/m0/s1. The second-order valence-corrected chi connectivity index (χ2v) is 6.14. The summed E-state index contributed by atoms with van der Waals surface area (Å²) in [5.74, 6) is 0.757. The lowest BCUT2D eigenvalue weighted by Crippen LogP contribution is -2.32. The molecular formula is C19H25N3O2. The van der Waals surface area contributed by atoms with E-state index in [9.17, 15) is 4.79 Å². The number of carbonyl (C=O) groups is 1. The molecule has 0 saturated heterocycles. The number of para-hydroxylation sites is 1. The topological polar surface area (TPSA) is 64.1 Å². The van der Waals surface area contributed by atoms with Crippen LogP contribution in [-0.4, -0.2) is 29.5 Å². The molecule has 1 N–H and O–H groups in total. The van der Waals surface area contributed by atoms with Gasteiger partial charge in [-0.2, -0.15) is 0 Å². The Morgan fingerprint density at radius 2 is 2.08 bits per heavy atom. The van der Waals surface area contributed by atoms with Crippen molar-refractivity contribution < 1.29 is 9.53 Å². The average molecular weight is 327 g/mol. The fourth-order valence-electron chi connectivity index (χ4n) is 2.81. The van der Waals surface area contributed by atoms with Gasteiger partial charge in [0, 0.05) is 18.3 Å². The number of ether oxygens (including phenoxy) is 1. The lowest BCUT2D eigenvalue weighted by Gasteiger charge is -2.30. The van der Waals surface area contributed by atoms with E-state index in [4.69, 9.17) is 4.74 Å². The lowest BCUT2D eigenvalue weighted by atomic mass is 9.77. The molecule has 0 bridgehead atoms. The van der Waals surface area contributed by atoms with Crippen molar-refractivity contribution in [3.63, 3.8) is 0 Å². The summed E-state index contributed by atoms with van der Waals surface area (Å²) in [4.78, 5) is 20.3. The maximum Gasteiger partial charge on any atom is 0.254 e. The number of amides is 1. The summed E-state index contributed by atoms with van der Waals surface area (Å²) in [6.45, 7) is 6.74. The SMILES string of the molecule is CC[C@@](C)(CCNC(=O)c1cncnc1C)c1ccccc1OC. The van der Waals surface area contributed by atoms with Gasteiger partial charge in [0.15, 0.2) is 0 Å². The summed E-state index contributed by atoms with van der Waals surface area (Å²) < 4.78 is 5.50. The molecule has 0 radical (unpaired) electrons. The number of benzene rings is 1. The summed E-state index contributed by atoms with van der Waals surface area (Å²) in [6, 6.07) is 8.07. The highest BCUT2D eigenvalue weighted by atomic mass is 16.5. The number of hydrogen-bond donors (Lipinski definition) is 1. The van der Waals surface area contributed by atoms with Crippen molar-refractivity contribution >= 4 is 5.91 Å². The van der Waals surface area contributed by atoms with Crippen LogP contribution in [0.1, 0.15) is 48.3 Å². The molecule has 1 aromatic carbocycles. The van der Waals surface area contributed by atoms with Crippen LogP contribution in [0, 0.1) is 6.92 Å². The molecule has 0 spiro atoms. The first kappa shape index (κ1) is 17.9. The summed E-state index contributed by atoms with van der Waals surface area (Å²) in [7, 11) is 1.69. The third kappa shape index (κ3) is 3.91. The van der Waals surface area contributed by atoms with Gasteiger partial charge in [0.25, 0.3) is 5.91 Å². The van der Waals surface area contributed by atoms with Gasteiger partial charge in [-0.05, 0) is 31.2 Å². The lowest BCUT2D eigenvalue weighted by molar-refractivity contribution is 0.0949. The molecule has 0 aliphatic carbocycles. The zero-order chi connectivity index (χ0) is 17.6. The molecular weight excluding hydrogens is 302 g/mol. The van der Waals surface area contributed by atoms with Crippen molar-refractivity contribution in [3.8, 4) is 5.75 Å². The van der Waals surface area contributed by atoms with Crippen molar-refractivity contribution in [2.45, 2.75) is 39.0 Å². The Bertz CT molecular complexity index is 703. The number of aryl methyl sites for hydroxylation is 1. The summed E-state index contributed by atoms with van der Waals surface area (Å²) in [5.41, 5.74) is 2.31. The van der Waals surface area contributed by atoms with Gasteiger partial charge in [0.1, 0.15) is 12.1 Å². The van der Waals surface area contributed by atoms with Gasteiger partial charge < -0.3 is 10.1 Å². The second kappa shape index (κ2) is 7.90. The predicted molar refractivity (Wildman–Crippen MR) is 94.4 cm³/mol. The van der Waals surface area contributed by atoms with Crippen LogP contribution in [0.25, 0.3) is 0 Å². The van der Waals surface area contributed by atoms with Crippen LogP contribution >= 0.6 is 0 Å². The van der Waals surface area contributed by atoms with Gasteiger partial charge in [-0.3, -0.25) is 4.79 Å². The monoisotopic (exact) mass is 327 g/mol. The Hall–Kier alpha value is -2.43. The first-order chi connectivity index (χ1) is 11.5. The van der Waals surface area contributed by atoms with Gasteiger partial charge in [-0.15, -0.1) is 0 Å². The number of nitrogens with one attached hydrogen (secondary N) is 1. The molecule has 0 aliphatic heterocycles. The minimum absolute atomic E-state index is 0.0673. The van der Waals surface area contributed by atoms with Gasteiger partial charge in [-0.25, -0.2) is 9.97 Å². The third-order valence-electron chi connectivity index (χ3n) is 4.66. The minimum atomic E-state index is -0.133. The fourth-order valence-corrected chi connectivity index (χ4v) is 2.81. The molecule has 1 aromatic heterocycles. The highest BCUT2D eigenvalue weighted by molar-refractivity contribution is 5.94. The van der Waals surface area contributed by atoms with Crippen molar-refractivity contribution in [1.82, 2.24) is 15.3 Å². The summed E-state index contributed by atoms with van der Waals surface area (Å²) >= 11 is 0. The Labute approximate surface area is 143 Å². The smallest absolute Gasteiger partial charge is 0.254 e. The van der Waals surface area contributed by atoms with Crippen molar-refractivity contribution in [2.75, 3.05) is 13.7 Å². The van der Waals surface area contributed by atoms with Crippen LogP contribution in [-0.2, 0) is 5.41 Å². The van der Waals surface area contributed by atoms with Crippen LogP contribution in [0.3, 0.4) is 0 Å². The zero-order valence-corrected chi connectivity index (χ0v) is 14.8. The fraction of sp³-hybridized carbons (Fsp3) is 0.421. The number of aromatic nitrogens is 2. The molecule has 0 unspecified atom stereocenters. The molecule has 0 aliphatic rings. The first-order valence-electron chi connectivity index (χ1n) is 8.20. The molecule has 2 aromatic rings. The molecule has 0 saturated carbocycles. The Morgan fingerprint density at radius 3 is 2.75 bits per heavy atom. The van der Waals surface area contributed by atoms with Gasteiger partial charge in [-0.1, -0.05) is 32.0 Å². The van der Waals surface area contributed by atoms with E-state index in [-0.39, 0.29) is 11.3 Å². The minimum Gasteiger partial charge on any atom is -0.496 e. The first-order valence-corrected chi connectivity index (χ1v) is 8.20. The summed E-state index contributed by atoms with van der Waals surface area (Å²) in [6.07, 6.45) is 4.78. The molecule has 128 valence electrons. The highest BCUT2D eigenvalue weighted by Gasteiger charge is 2.27. The van der Waals surface area contributed by atoms with Gasteiger partial charge >= 0.3 is 0 Å². The quantitative estimate of drug-likeness (QED) is 0.847. The van der Waals surface area contributed by atoms with E-state index in [1.54, 1.807) is 13.3 Å². The van der Waals surface area contributed by atoms with Crippen molar-refractivity contribution in [3.05, 3.63) is 53.6 Å². The normalized spacial score (nSPS) is 13.2. The van der Waals surface area contributed by atoms with Crippen LogP contribution in [0.5, 0.6) is 5.75 Å². The van der Waals surface area contributed by atoms with Crippen LogP contribution in [0.2, 0.25) is 0 Å². The van der Waals surface area contributed by atoms with E-state index >= 15 is 0 Å². The highest BCUT2D eigenvalue weighted by Crippen LogP contribution is 2.36.